The zero-order valence-corrected chi connectivity index (χ0v) is 18.6. The smallest absolute Gasteiger partial charge is 0.249 e. The lowest BCUT2D eigenvalue weighted by Crippen LogP contribution is -2.38. The van der Waals surface area contributed by atoms with Crippen molar-refractivity contribution >= 4 is 11.6 Å². The molecular formula is C22H29F2N7O. The number of alkyl halides is 2. The number of ether oxygens (including phenoxy) is 1. The van der Waals surface area contributed by atoms with Crippen molar-refractivity contribution in [3.05, 3.63) is 30.2 Å². The molecule has 1 saturated heterocycles. The molecule has 2 N–H and O–H groups in total. The van der Waals surface area contributed by atoms with Crippen molar-refractivity contribution in [3.8, 4) is 17.1 Å². The van der Waals surface area contributed by atoms with Gasteiger partial charge in [-0.2, -0.15) is 5.10 Å². The normalized spacial score (nSPS) is 20.2. The number of rotatable bonds is 5. The predicted octanol–water partition coefficient (Wildman–Crippen LogP) is 3.90. The molecule has 3 aromatic heterocycles. The highest BCUT2D eigenvalue weighted by Gasteiger charge is 2.47. The van der Waals surface area contributed by atoms with Crippen molar-refractivity contribution in [3.63, 3.8) is 0 Å². The first-order chi connectivity index (χ1) is 15.5. The van der Waals surface area contributed by atoms with Gasteiger partial charge >= 0.3 is 0 Å². The van der Waals surface area contributed by atoms with Crippen LogP contribution in [0.4, 0.5) is 14.7 Å². The zero-order valence-electron chi connectivity index (χ0n) is 18.6. The summed E-state index contributed by atoms with van der Waals surface area (Å²) in [5, 5.41) is 11.3. The van der Waals surface area contributed by atoms with Crippen LogP contribution in [0.1, 0.15) is 51.1 Å². The molecule has 10 heteroatoms. The minimum Gasteiger partial charge on any atom is -0.495 e. The summed E-state index contributed by atoms with van der Waals surface area (Å²) in [7, 11) is 1.51. The minimum atomic E-state index is -2.63. The van der Waals surface area contributed by atoms with Gasteiger partial charge in [0.05, 0.1) is 19.0 Å². The van der Waals surface area contributed by atoms with Crippen molar-refractivity contribution in [2.24, 2.45) is 0 Å². The molecule has 5 rings (SSSR count). The van der Waals surface area contributed by atoms with Crippen molar-refractivity contribution in [1.29, 1.82) is 0 Å². The third-order valence-electron chi connectivity index (χ3n) is 5.73. The van der Waals surface area contributed by atoms with E-state index in [0.717, 1.165) is 25.9 Å². The molecule has 1 saturated carbocycles. The number of methoxy groups -OCH3 is 1. The maximum atomic E-state index is 13.4. The van der Waals surface area contributed by atoms with E-state index < -0.39 is 5.92 Å². The number of piperidine rings is 1. The van der Waals surface area contributed by atoms with E-state index in [1.165, 1.54) is 7.11 Å². The maximum absolute atomic E-state index is 13.4. The Hall–Kier alpha value is -2.88. The molecule has 0 aromatic carbocycles. The van der Waals surface area contributed by atoms with Crippen LogP contribution in [0.25, 0.3) is 17.0 Å². The third-order valence-corrected chi connectivity index (χ3v) is 5.73. The van der Waals surface area contributed by atoms with Gasteiger partial charge in [-0.1, -0.05) is 13.8 Å². The lowest BCUT2D eigenvalue weighted by Gasteiger charge is -2.34. The lowest BCUT2D eigenvalue weighted by atomic mass is 9.79. The van der Waals surface area contributed by atoms with E-state index in [1.807, 2.05) is 13.8 Å². The number of nitrogens with one attached hydrogen (secondary N) is 2. The average molecular weight is 446 g/mol. The quantitative estimate of drug-likeness (QED) is 0.616. The molecule has 172 valence electrons. The van der Waals surface area contributed by atoms with E-state index in [2.05, 4.69) is 30.7 Å². The summed E-state index contributed by atoms with van der Waals surface area (Å²) in [4.78, 5) is 13.4. The van der Waals surface area contributed by atoms with Crippen LogP contribution in [0.15, 0.2) is 24.5 Å². The van der Waals surface area contributed by atoms with Crippen molar-refractivity contribution < 1.29 is 13.5 Å². The summed E-state index contributed by atoms with van der Waals surface area (Å²) in [6.45, 7) is 5.91. The van der Waals surface area contributed by atoms with Gasteiger partial charge in [0.2, 0.25) is 11.9 Å². The fourth-order valence-electron chi connectivity index (χ4n) is 4.12. The zero-order chi connectivity index (χ0) is 22.7. The standard InChI is InChI=1S/C20H23F2N7O.C2H6/c1-30-16-7-17-25-11-15(29(17)28-18(16)12-8-20(21,22)9-12)14-4-6-24-19(27-14)26-13-3-2-5-23-10-13;1-2/h4,6-7,11-13,23H,2-3,5,8-10H2,1H3,(H,24,26,27);1-2H3. The Kier molecular flexibility index (Phi) is 6.50. The summed E-state index contributed by atoms with van der Waals surface area (Å²) < 4.78 is 33.9. The number of aromatic nitrogens is 5. The van der Waals surface area contributed by atoms with Crippen LogP contribution in [0.2, 0.25) is 0 Å². The highest BCUT2D eigenvalue weighted by Crippen LogP contribution is 2.49. The lowest BCUT2D eigenvalue weighted by molar-refractivity contribution is -0.0881. The Morgan fingerprint density at radius 3 is 2.75 bits per heavy atom. The Bertz CT molecular complexity index is 1060. The fraction of sp³-hybridized carbons (Fsp3) is 0.545. The van der Waals surface area contributed by atoms with Crippen LogP contribution in [-0.2, 0) is 0 Å². The third kappa shape index (κ3) is 4.50. The number of imidazole rings is 1. The molecular weight excluding hydrogens is 416 g/mol. The minimum absolute atomic E-state index is 0.219. The number of hydrogen-bond acceptors (Lipinski definition) is 7. The molecule has 3 aromatic rings. The number of halogens is 2. The molecule has 2 aliphatic rings. The summed E-state index contributed by atoms with van der Waals surface area (Å²) in [6, 6.07) is 3.80. The van der Waals surface area contributed by atoms with Crippen LogP contribution < -0.4 is 15.4 Å². The Balaban J connectivity index is 0.00000119. The monoisotopic (exact) mass is 445 g/mol. The highest BCUT2D eigenvalue weighted by atomic mass is 19.3. The molecule has 32 heavy (non-hydrogen) atoms. The van der Waals surface area contributed by atoms with E-state index in [4.69, 9.17) is 4.74 Å². The number of nitrogens with zero attached hydrogens (tertiary/aromatic N) is 5. The van der Waals surface area contributed by atoms with Crippen molar-refractivity contribution in [2.45, 2.75) is 57.4 Å². The van der Waals surface area contributed by atoms with Gasteiger partial charge in [-0.05, 0) is 25.5 Å². The van der Waals surface area contributed by atoms with Gasteiger partial charge in [0.1, 0.15) is 17.1 Å². The molecule has 1 aliphatic carbocycles. The number of anilines is 1. The van der Waals surface area contributed by atoms with Crippen LogP contribution in [0, 0.1) is 0 Å². The first-order valence-electron chi connectivity index (χ1n) is 11.1. The molecule has 0 bridgehead atoms. The first-order valence-corrected chi connectivity index (χ1v) is 11.1. The predicted molar refractivity (Wildman–Crippen MR) is 118 cm³/mol. The van der Waals surface area contributed by atoms with Crippen LogP contribution in [-0.4, -0.2) is 56.7 Å². The SMILES string of the molecule is CC.COc1cc2ncc(-c3ccnc(NC4CCCNC4)n3)n2nc1C1CC(F)(F)C1. The highest BCUT2D eigenvalue weighted by molar-refractivity contribution is 5.61. The second kappa shape index (κ2) is 9.32. The molecule has 2 fully saturated rings. The van der Waals surface area contributed by atoms with Crippen LogP contribution in [0.3, 0.4) is 0 Å². The van der Waals surface area contributed by atoms with E-state index in [1.54, 1.807) is 29.0 Å². The molecule has 1 unspecified atom stereocenters. The molecule has 1 aliphatic heterocycles. The van der Waals surface area contributed by atoms with Crippen molar-refractivity contribution in [1.82, 2.24) is 29.9 Å². The molecule has 0 amide bonds. The largest absolute Gasteiger partial charge is 0.495 e. The van der Waals surface area contributed by atoms with Gasteiger partial charge in [0, 0.05) is 43.6 Å². The Morgan fingerprint density at radius 1 is 1.25 bits per heavy atom. The summed E-state index contributed by atoms with van der Waals surface area (Å²) in [6.07, 6.45) is 5.10. The van der Waals surface area contributed by atoms with Gasteiger partial charge in [-0.3, -0.25) is 0 Å². The molecule has 8 nitrogen and oxygen atoms in total. The number of hydrogen-bond donors (Lipinski definition) is 2. The fourth-order valence-corrected chi connectivity index (χ4v) is 4.12. The van der Waals surface area contributed by atoms with Crippen molar-refractivity contribution in [2.75, 3.05) is 25.5 Å². The van der Waals surface area contributed by atoms with E-state index in [9.17, 15) is 8.78 Å². The van der Waals surface area contributed by atoms with Gasteiger partial charge < -0.3 is 15.4 Å². The molecule has 0 radical (unpaired) electrons. The first kappa shape index (κ1) is 22.3. The second-order valence-electron chi connectivity index (χ2n) is 7.93. The van der Waals surface area contributed by atoms with E-state index >= 15 is 0 Å². The van der Waals surface area contributed by atoms with E-state index in [-0.39, 0.29) is 24.8 Å². The molecule has 4 heterocycles. The van der Waals surface area contributed by atoms with Gasteiger partial charge in [0.15, 0.2) is 5.65 Å². The maximum Gasteiger partial charge on any atom is 0.249 e. The average Bonchev–Trinajstić information content (AvgIpc) is 3.21. The topological polar surface area (TPSA) is 89.3 Å². The van der Waals surface area contributed by atoms with Gasteiger partial charge in [-0.25, -0.2) is 28.2 Å². The summed E-state index contributed by atoms with van der Waals surface area (Å²) in [5.41, 5.74) is 2.43. The van der Waals surface area contributed by atoms with Gasteiger partial charge in [0.25, 0.3) is 0 Å². The second-order valence-corrected chi connectivity index (χ2v) is 7.93. The molecule has 1 atom stereocenters. The summed E-state index contributed by atoms with van der Waals surface area (Å²) >= 11 is 0. The van der Waals surface area contributed by atoms with Crippen LogP contribution >= 0.6 is 0 Å². The Labute approximate surface area is 185 Å². The molecule has 0 spiro atoms. The van der Waals surface area contributed by atoms with Crippen LogP contribution in [0.5, 0.6) is 5.75 Å². The van der Waals surface area contributed by atoms with Gasteiger partial charge in [-0.15, -0.1) is 0 Å². The number of fused-ring (bicyclic) bond motifs is 1. The Morgan fingerprint density at radius 2 is 2.06 bits per heavy atom. The summed E-state index contributed by atoms with van der Waals surface area (Å²) in [5.74, 6) is -1.94. The van der Waals surface area contributed by atoms with E-state index in [0.29, 0.717) is 34.4 Å².